The van der Waals surface area contributed by atoms with E-state index in [1.807, 2.05) is 13.8 Å². The minimum Gasteiger partial charge on any atom is -0.299 e. The van der Waals surface area contributed by atoms with E-state index >= 15 is 0 Å². The van der Waals surface area contributed by atoms with Crippen LogP contribution < -0.4 is 0 Å². The molecule has 33 heavy (non-hydrogen) atoms. The fourth-order valence-electron chi connectivity index (χ4n) is 6.93. The fraction of sp³-hybridized carbons (Fsp3) is 0.484. The number of rotatable bonds is 8. The van der Waals surface area contributed by atoms with Gasteiger partial charge in [-0.1, -0.05) is 77.3 Å². The van der Waals surface area contributed by atoms with E-state index in [0.29, 0.717) is 30.6 Å². The Hall–Kier alpha value is -2.48. The van der Waals surface area contributed by atoms with E-state index < -0.39 is 0 Å². The van der Waals surface area contributed by atoms with Gasteiger partial charge in [0.25, 0.3) is 0 Å². The van der Waals surface area contributed by atoms with Crippen molar-refractivity contribution in [2.45, 2.75) is 71.6 Å². The van der Waals surface area contributed by atoms with Crippen LogP contribution in [0.2, 0.25) is 0 Å². The number of carbonyl (C=O) groups is 2. The van der Waals surface area contributed by atoms with Crippen LogP contribution in [0.5, 0.6) is 0 Å². The molecule has 1 fully saturated rings. The van der Waals surface area contributed by atoms with Gasteiger partial charge in [-0.2, -0.15) is 0 Å². The molecule has 5 rings (SSSR count). The second kappa shape index (κ2) is 9.41. The Labute approximate surface area is 198 Å². The molecule has 0 aromatic carbocycles. The first-order valence-electron chi connectivity index (χ1n) is 12.9. The largest absolute Gasteiger partial charge is 0.299 e. The third-order valence-corrected chi connectivity index (χ3v) is 8.53. The van der Waals surface area contributed by atoms with E-state index in [-0.39, 0.29) is 17.5 Å². The molecule has 2 heteroatoms. The molecule has 1 saturated carbocycles. The lowest BCUT2D eigenvalue weighted by Gasteiger charge is -2.35. The molecule has 4 unspecified atom stereocenters. The van der Waals surface area contributed by atoms with Crippen molar-refractivity contribution in [1.82, 2.24) is 0 Å². The topological polar surface area (TPSA) is 34.1 Å². The van der Waals surface area contributed by atoms with Crippen LogP contribution in [0.3, 0.4) is 0 Å². The Morgan fingerprint density at radius 1 is 0.970 bits per heavy atom. The van der Waals surface area contributed by atoms with Crippen molar-refractivity contribution in [2.24, 2.45) is 23.7 Å². The zero-order chi connectivity index (χ0) is 22.9. The second-order valence-electron chi connectivity index (χ2n) is 10.6. The van der Waals surface area contributed by atoms with Crippen molar-refractivity contribution >= 4 is 11.6 Å². The number of carbonyl (C=O) groups excluding carboxylic acids is 2. The summed E-state index contributed by atoms with van der Waals surface area (Å²) < 4.78 is 0. The Morgan fingerprint density at radius 2 is 1.79 bits per heavy atom. The predicted octanol–water partition coefficient (Wildman–Crippen LogP) is 7.32. The quantitative estimate of drug-likeness (QED) is 0.370. The van der Waals surface area contributed by atoms with Crippen LogP contribution in [0, 0.1) is 23.7 Å². The van der Waals surface area contributed by atoms with Gasteiger partial charge in [0.2, 0.25) is 0 Å². The summed E-state index contributed by atoms with van der Waals surface area (Å²) in [4.78, 5) is 26.5. The molecule has 0 amide bonds. The molecular formula is C31H36O2. The van der Waals surface area contributed by atoms with Crippen molar-refractivity contribution in [1.29, 1.82) is 0 Å². The highest BCUT2D eigenvalue weighted by molar-refractivity contribution is 6.02. The van der Waals surface area contributed by atoms with E-state index in [4.69, 9.17) is 0 Å². The maximum atomic E-state index is 13.6. The Kier molecular flexibility index (Phi) is 6.36. The lowest BCUT2D eigenvalue weighted by Crippen LogP contribution is -2.28. The van der Waals surface area contributed by atoms with E-state index in [9.17, 15) is 9.59 Å². The minimum absolute atomic E-state index is 0.0597. The van der Waals surface area contributed by atoms with Gasteiger partial charge in [0.1, 0.15) is 5.78 Å². The first-order chi connectivity index (χ1) is 16.0. The molecule has 0 aromatic heterocycles. The molecule has 172 valence electrons. The van der Waals surface area contributed by atoms with Gasteiger partial charge in [-0.3, -0.25) is 9.59 Å². The number of hydrogen-bond acceptors (Lipinski definition) is 2. The molecular weight excluding hydrogens is 404 g/mol. The van der Waals surface area contributed by atoms with Crippen LogP contribution in [0.4, 0.5) is 0 Å². The number of Topliss-reactive ketones (excluding diaryl/α,β-unsaturated/α-hetero) is 2. The molecule has 5 aliphatic rings. The molecule has 0 radical (unpaired) electrons. The van der Waals surface area contributed by atoms with Crippen molar-refractivity contribution in [3.63, 3.8) is 0 Å². The van der Waals surface area contributed by atoms with Gasteiger partial charge in [-0.15, -0.1) is 0 Å². The maximum Gasteiger partial charge on any atom is 0.163 e. The van der Waals surface area contributed by atoms with Crippen LogP contribution in [-0.2, 0) is 9.59 Å². The van der Waals surface area contributed by atoms with Crippen molar-refractivity contribution in [3.05, 3.63) is 82.0 Å². The second-order valence-corrected chi connectivity index (χ2v) is 10.6. The van der Waals surface area contributed by atoms with Crippen molar-refractivity contribution < 1.29 is 9.59 Å². The highest BCUT2D eigenvalue weighted by Crippen LogP contribution is 2.53. The summed E-state index contributed by atoms with van der Waals surface area (Å²) in [6, 6.07) is 0. The first kappa shape index (κ1) is 22.3. The third kappa shape index (κ3) is 4.37. The standard InChI is InChI=1S/C31H36O2/c1-20-14-15-21(2)30(20)29(33)17-16-28(32)27-19-26-24(18-22-8-3-4-9-22)12-7-13-25(26)31(27)23-10-5-6-11-23/h3-6,8,10,14,19,24-25,27,31H,7,9,11-13,15-18H2,1-2H3. The number of ketones is 2. The molecule has 0 aliphatic heterocycles. The van der Waals surface area contributed by atoms with Gasteiger partial charge in [-0.05, 0) is 69.8 Å². The van der Waals surface area contributed by atoms with Gasteiger partial charge < -0.3 is 0 Å². The van der Waals surface area contributed by atoms with Crippen LogP contribution in [0.1, 0.15) is 71.6 Å². The van der Waals surface area contributed by atoms with E-state index in [2.05, 4.69) is 48.6 Å². The summed E-state index contributed by atoms with van der Waals surface area (Å²) in [7, 11) is 0. The van der Waals surface area contributed by atoms with Crippen molar-refractivity contribution in [2.75, 3.05) is 0 Å². The maximum absolute atomic E-state index is 13.6. The Morgan fingerprint density at radius 3 is 2.48 bits per heavy atom. The lowest BCUT2D eigenvalue weighted by atomic mass is 9.69. The molecule has 0 aromatic rings. The number of hydrogen-bond donors (Lipinski definition) is 0. The molecule has 0 saturated heterocycles. The first-order valence-corrected chi connectivity index (χ1v) is 12.9. The van der Waals surface area contributed by atoms with Crippen LogP contribution >= 0.6 is 0 Å². The average Bonchev–Trinajstić information content (AvgIpc) is 3.59. The van der Waals surface area contributed by atoms with Crippen LogP contribution in [0.25, 0.3) is 0 Å². The molecule has 0 heterocycles. The molecule has 0 spiro atoms. The molecule has 0 bridgehead atoms. The monoisotopic (exact) mass is 440 g/mol. The zero-order valence-corrected chi connectivity index (χ0v) is 20.1. The molecule has 2 nitrogen and oxygen atoms in total. The number of allylic oxidation sites excluding steroid dienone is 14. The summed E-state index contributed by atoms with van der Waals surface area (Å²) in [5.74, 6) is 1.72. The highest BCUT2D eigenvalue weighted by Gasteiger charge is 2.45. The summed E-state index contributed by atoms with van der Waals surface area (Å²) >= 11 is 0. The average molecular weight is 441 g/mol. The Balaban J connectivity index is 1.34. The third-order valence-electron chi connectivity index (χ3n) is 8.53. The minimum atomic E-state index is -0.0597. The van der Waals surface area contributed by atoms with Gasteiger partial charge >= 0.3 is 0 Å². The summed E-state index contributed by atoms with van der Waals surface area (Å²) in [6.07, 6.45) is 26.3. The SMILES string of the molecule is CC1=CCC(C)=C1C(=O)CCC(=O)C1C=C2C(CC3=CC=CC3)CCCC2C1C1=CC=CC1. The van der Waals surface area contributed by atoms with Gasteiger partial charge in [0.15, 0.2) is 5.78 Å². The van der Waals surface area contributed by atoms with Gasteiger partial charge in [0, 0.05) is 30.3 Å². The van der Waals surface area contributed by atoms with Gasteiger partial charge in [0.05, 0.1) is 0 Å². The van der Waals surface area contributed by atoms with E-state index in [1.165, 1.54) is 30.4 Å². The normalized spacial score (nSPS) is 30.4. The van der Waals surface area contributed by atoms with E-state index in [0.717, 1.165) is 42.4 Å². The molecule has 5 aliphatic carbocycles. The number of fused-ring (bicyclic) bond motifs is 1. The highest BCUT2D eigenvalue weighted by atomic mass is 16.1. The van der Waals surface area contributed by atoms with Crippen molar-refractivity contribution in [3.8, 4) is 0 Å². The molecule has 0 N–H and O–H groups in total. The van der Waals surface area contributed by atoms with E-state index in [1.54, 1.807) is 5.57 Å². The molecule has 4 atom stereocenters. The zero-order valence-electron chi connectivity index (χ0n) is 20.1. The van der Waals surface area contributed by atoms with Crippen LogP contribution in [-0.4, -0.2) is 11.6 Å². The Bertz CT molecular complexity index is 1070. The lowest BCUT2D eigenvalue weighted by molar-refractivity contribution is -0.125. The summed E-state index contributed by atoms with van der Waals surface area (Å²) in [6.45, 7) is 4.06. The summed E-state index contributed by atoms with van der Waals surface area (Å²) in [5.41, 5.74) is 7.61. The predicted molar refractivity (Wildman–Crippen MR) is 135 cm³/mol. The smallest absolute Gasteiger partial charge is 0.163 e. The fourth-order valence-corrected chi connectivity index (χ4v) is 6.93. The van der Waals surface area contributed by atoms with Crippen LogP contribution in [0.15, 0.2) is 82.0 Å². The summed E-state index contributed by atoms with van der Waals surface area (Å²) in [5, 5.41) is 0. The van der Waals surface area contributed by atoms with Gasteiger partial charge in [-0.25, -0.2) is 0 Å².